The molecule has 8 nitrogen and oxygen atoms in total. The molecular weight excluding hydrogens is 399 g/mol. The van der Waals surface area contributed by atoms with Gasteiger partial charge in [0.05, 0.1) is 11.7 Å². The molecule has 0 saturated carbocycles. The Hall–Kier alpha value is -3.00. The number of fused-ring (bicyclic) bond motifs is 1. The van der Waals surface area contributed by atoms with E-state index in [0.29, 0.717) is 0 Å². The normalized spacial score (nSPS) is 21.8. The molecule has 3 rings (SSSR count). The number of aliphatic hydroxyl groups is 1. The molecule has 0 bridgehead atoms. The number of aromatic nitrogens is 1. The highest BCUT2D eigenvalue weighted by Crippen LogP contribution is 2.34. The number of carbonyl (C=O) groups excluding carboxylic acids is 1. The first kappa shape index (κ1) is 20.7. The predicted molar refractivity (Wildman–Crippen MR) is 104 cm³/mol. The predicted octanol–water partition coefficient (Wildman–Crippen LogP) is 1.60. The van der Waals surface area contributed by atoms with Crippen LogP contribution >= 0.6 is 0 Å². The lowest BCUT2D eigenvalue weighted by Crippen LogP contribution is -2.55. The van der Waals surface area contributed by atoms with Gasteiger partial charge < -0.3 is 19.7 Å². The Bertz CT molecular complexity index is 1060. The maximum Gasteiger partial charge on any atom is 0.276 e. The van der Waals surface area contributed by atoms with E-state index in [2.05, 4.69) is 16.6 Å². The quantitative estimate of drug-likeness (QED) is 0.652. The molecule has 152 valence electrons. The molecule has 0 spiro atoms. The van der Waals surface area contributed by atoms with E-state index in [1.54, 1.807) is 13.1 Å². The van der Waals surface area contributed by atoms with Crippen molar-refractivity contribution < 1.29 is 23.2 Å². The third kappa shape index (κ3) is 3.67. The van der Waals surface area contributed by atoms with Gasteiger partial charge >= 0.3 is 0 Å². The zero-order chi connectivity index (χ0) is 21.3. The van der Waals surface area contributed by atoms with Gasteiger partial charge in [0.1, 0.15) is 39.9 Å². The van der Waals surface area contributed by atoms with Gasteiger partial charge in [0.15, 0.2) is 11.4 Å². The number of aliphatic hydroxyl groups excluding tert-OH is 1. The van der Waals surface area contributed by atoms with Crippen LogP contribution in [0.1, 0.15) is 23.0 Å². The molecule has 1 aliphatic rings. The smallest absolute Gasteiger partial charge is 0.276 e. The number of rotatable bonds is 4. The van der Waals surface area contributed by atoms with Crippen LogP contribution in [0.25, 0.3) is 0 Å². The summed E-state index contributed by atoms with van der Waals surface area (Å²) < 4.78 is 36.3. The van der Waals surface area contributed by atoms with E-state index in [0.717, 1.165) is 6.07 Å². The van der Waals surface area contributed by atoms with Gasteiger partial charge in [-0.1, -0.05) is 6.08 Å². The standard InChI is InChI=1S/C19H19FN4O4S/c1-4-19(11(2)25)10-28-17-15(29(27)23-19)9-24(3)16(17)18(26)22-13-5-6-14(20)12(7-13)8-21/h4-7,9,11,23,25H,1,10H2,2-3H3,(H,22,26). The van der Waals surface area contributed by atoms with Gasteiger partial charge in [-0.2, -0.15) is 5.26 Å². The fourth-order valence-corrected chi connectivity index (χ4v) is 4.26. The van der Waals surface area contributed by atoms with Crippen LogP contribution in [0.4, 0.5) is 10.1 Å². The lowest BCUT2D eigenvalue weighted by Gasteiger charge is -2.31. The average Bonchev–Trinajstić information content (AvgIpc) is 2.95. The molecule has 1 aromatic carbocycles. The molecular formula is C19H19FN4O4S. The summed E-state index contributed by atoms with van der Waals surface area (Å²) in [7, 11) is -0.195. The highest BCUT2D eigenvalue weighted by atomic mass is 32.2. The Morgan fingerprint density at radius 1 is 1.62 bits per heavy atom. The average molecular weight is 418 g/mol. The van der Waals surface area contributed by atoms with E-state index in [-0.39, 0.29) is 34.2 Å². The van der Waals surface area contributed by atoms with Gasteiger partial charge in [0.25, 0.3) is 5.91 Å². The molecule has 3 N–H and O–H groups in total. The van der Waals surface area contributed by atoms with Gasteiger partial charge in [0, 0.05) is 18.9 Å². The lowest BCUT2D eigenvalue weighted by molar-refractivity contribution is 0.0828. The second-order valence-corrected chi connectivity index (χ2v) is 7.80. The topological polar surface area (TPSA) is 116 Å². The third-order valence-electron chi connectivity index (χ3n) is 4.71. The van der Waals surface area contributed by atoms with E-state index in [1.165, 1.54) is 35.9 Å². The first-order valence-corrected chi connectivity index (χ1v) is 9.71. The molecule has 0 radical (unpaired) electrons. The van der Waals surface area contributed by atoms with E-state index in [9.17, 15) is 18.5 Å². The van der Waals surface area contributed by atoms with Gasteiger partial charge in [-0.15, -0.1) is 6.58 Å². The van der Waals surface area contributed by atoms with Crippen LogP contribution < -0.4 is 14.8 Å². The van der Waals surface area contributed by atoms with E-state index in [1.807, 2.05) is 0 Å². The second-order valence-electron chi connectivity index (χ2n) is 6.62. The number of nitrogens with zero attached hydrogens (tertiary/aromatic N) is 2. The van der Waals surface area contributed by atoms with Gasteiger partial charge in [0.2, 0.25) is 0 Å². The molecule has 0 fully saturated rings. The number of hydrogen-bond acceptors (Lipinski definition) is 5. The van der Waals surface area contributed by atoms with E-state index in [4.69, 9.17) is 10.00 Å². The van der Waals surface area contributed by atoms with E-state index < -0.39 is 34.4 Å². The summed E-state index contributed by atoms with van der Waals surface area (Å²) in [6.07, 6.45) is 1.95. The molecule has 3 unspecified atom stereocenters. The number of carbonyl (C=O) groups is 1. The number of ether oxygens (including phenoxy) is 1. The summed E-state index contributed by atoms with van der Waals surface area (Å²) in [6.45, 7) is 5.09. The summed E-state index contributed by atoms with van der Waals surface area (Å²) >= 11 is 0. The van der Waals surface area contributed by atoms with Crippen molar-refractivity contribution in [3.05, 3.63) is 54.1 Å². The summed E-state index contributed by atoms with van der Waals surface area (Å²) in [4.78, 5) is 13.1. The zero-order valence-electron chi connectivity index (χ0n) is 15.7. The number of nitriles is 1. The van der Waals surface area contributed by atoms with Crippen molar-refractivity contribution in [1.82, 2.24) is 9.29 Å². The fraction of sp³-hybridized carbons (Fsp3) is 0.263. The fourth-order valence-electron chi connectivity index (χ4n) is 2.92. The highest BCUT2D eigenvalue weighted by molar-refractivity contribution is 7.83. The first-order valence-electron chi connectivity index (χ1n) is 8.56. The second kappa shape index (κ2) is 7.79. The maximum atomic E-state index is 13.5. The van der Waals surface area contributed by atoms with Crippen molar-refractivity contribution in [3.63, 3.8) is 0 Å². The highest BCUT2D eigenvalue weighted by Gasteiger charge is 2.40. The number of aryl methyl sites for hydroxylation is 1. The molecule has 1 amide bonds. The summed E-state index contributed by atoms with van der Waals surface area (Å²) in [6, 6.07) is 5.33. The van der Waals surface area contributed by atoms with Crippen molar-refractivity contribution in [2.24, 2.45) is 7.05 Å². The van der Waals surface area contributed by atoms with Crippen LogP contribution in [0, 0.1) is 17.1 Å². The number of amides is 1. The minimum absolute atomic E-state index is 0.0865. The molecule has 0 aliphatic carbocycles. The van der Waals surface area contributed by atoms with E-state index >= 15 is 0 Å². The maximum absolute atomic E-state index is 13.5. The Balaban J connectivity index is 1.96. The monoisotopic (exact) mass is 418 g/mol. The van der Waals surface area contributed by atoms with Gasteiger partial charge in [-0.05, 0) is 25.1 Å². The van der Waals surface area contributed by atoms with Crippen LogP contribution in [0.15, 0.2) is 41.9 Å². The van der Waals surface area contributed by atoms with Crippen molar-refractivity contribution in [2.45, 2.75) is 23.5 Å². The third-order valence-corrected chi connectivity index (χ3v) is 5.97. The van der Waals surface area contributed by atoms with Crippen molar-refractivity contribution in [2.75, 3.05) is 11.9 Å². The lowest BCUT2D eigenvalue weighted by atomic mass is 9.96. The first-order chi connectivity index (χ1) is 13.7. The Morgan fingerprint density at radius 3 is 2.97 bits per heavy atom. The number of hydrogen-bond donors (Lipinski definition) is 3. The molecule has 1 aromatic heterocycles. The Labute approximate surface area is 169 Å². The van der Waals surface area contributed by atoms with Crippen LogP contribution in [-0.2, 0) is 18.0 Å². The number of halogens is 1. The van der Waals surface area contributed by atoms with Crippen LogP contribution in [0.5, 0.6) is 5.75 Å². The summed E-state index contributed by atoms with van der Waals surface area (Å²) in [5.74, 6) is -1.19. The van der Waals surface area contributed by atoms with Crippen molar-refractivity contribution in [3.8, 4) is 11.8 Å². The molecule has 1 aliphatic heterocycles. The number of anilines is 1. The van der Waals surface area contributed by atoms with Gasteiger partial charge in [-0.3, -0.25) is 4.79 Å². The minimum Gasteiger partial charge on any atom is -0.487 e. The Kier molecular flexibility index (Phi) is 5.57. The van der Waals surface area contributed by atoms with Crippen LogP contribution in [0.3, 0.4) is 0 Å². The molecule has 10 heteroatoms. The number of benzene rings is 1. The molecule has 3 atom stereocenters. The largest absolute Gasteiger partial charge is 0.487 e. The molecule has 2 aromatic rings. The summed E-state index contributed by atoms with van der Waals surface area (Å²) in [5, 5.41) is 21.6. The Morgan fingerprint density at radius 2 is 2.34 bits per heavy atom. The van der Waals surface area contributed by atoms with Gasteiger partial charge in [-0.25, -0.2) is 13.3 Å². The molecule has 29 heavy (non-hydrogen) atoms. The van der Waals surface area contributed by atoms with Crippen molar-refractivity contribution >= 4 is 22.6 Å². The minimum atomic E-state index is -1.78. The number of nitrogens with one attached hydrogen (secondary N) is 2. The molecule has 2 heterocycles. The molecule has 0 saturated heterocycles. The summed E-state index contributed by atoms with van der Waals surface area (Å²) in [5.41, 5.74) is -1.06. The van der Waals surface area contributed by atoms with Crippen LogP contribution in [-0.4, -0.2) is 38.0 Å². The van der Waals surface area contributed by atoms with Crippen molar-refractivity contribution in [1.29, 1.82) is 5.26 Å². The SMILES string of the molecule is C=CC1(C(C)O)COc2c(cn(C)c2C(=O)Nc2ccc(F)c(C#N)c2)S(=O)N1. The zero-order valence-corrected chi connectivity index (χ0v) is 16.5. The van der Waals surface area contributed by atoms with Crippen LogP contribution in [0.2, 0.25) is 0 Å².